The van der Waals surface area contributed by atoms with Crippen LogP contribution in [0.4, 0.5) is 34.1 Å². The zero-order chi connectivity index (χ0) is 32.1. The second kappa shape index (κ2) is 13.2. The minimum Gasteiger partial charge on any atom is -0.310 e. The fourth-order valence-electron chi connectivity index (χ4n) is 6.64. The minimum atomic E-state index is 1.13. The molecule has 228 valence electrons. The molecule has 0 heterocycles. The van der Waals surface area contributed by atoms with Gasteiger partial charge in [0.05, 0.1) is 11.4 Å². The number of hydrogen-bond acceptors (Lipinski definition) is 2. The van der Waals surface area contributed by atoms with Gasteiger partial charge in [0.15, 0.2) is 0 Å². The molecule has 0 saturated heterocycles. The average molecular weight is 615 g/mol. The van der Waals surface area contributed by atoms with Crippen LogP contribution in [-0.4, -0.2) is 0 Å². The van der Waals surface area contributed by atoms with Gasteiger partial charge >= 0.3 is 0 Å². The van der Waals surface area contributed by atoms with Crippen LogP contribution in [0, 0.1) is 0 Å². The van der Waals surface area contributed by atoms with Gasteiger partial charge in [-0.15, -0.1) is 0 Å². The van der Waals surface area contributed by atoms with Gasteiger partial charge < -0.3 is 9.80 Å². The van der Waals surface area contributed by atoms with E-state index >= 15 is 0 Å². The molecular formula is C46H34N2. The highest BCUT2D eigenvalue weighted by Gasteiger charge is 2.17. The standard InChI is InChI=1S/C46H34N2/c1-5-17-37(18-6-1)47(38-19-7-2-8-20-38)45-33-31-35(41-25-13-15-27-43(41)45)29-30-36-32-34-46(44-28-16-14-26-42(36)44)48(39-21-9-3-10-22-39)40-23-11-4-12-24-40/h1-34H/b30-29+. The van der Waals surface area contributed by atoms with Gasteiger partial charge in [0.25, 0.3) is 0 Å². The first kappa shape index (κ1) is 29.1. The number of anilines is 6. The Morgan fingerprint density at radius 3 is 0.833 bits per heavy atom. The number of hydrogen-bond donors (Lipinski definition) is 0. The predicted octanol–water partition coefficient (Wildman–Crippen LogP) is 13.1. The highest BCUT2D eigenvalue weighted by molar-refractivity contribution is 6.06. The van der Waals surface area contributed by atoms with Crippen molar-refractivity contribution in [1.82, 2.24) is 0 Å². The van der Waals surface area contributed by atoms with Gasteiger partial charge in [-0.1, -0.05) is 146 Å². The van der Waals surface area contributed by atoms with Crippen LogP contribution >= 0.6 is 0 Å². The normalized spacial score (nSPS) is 11.2. The molecule has 8 rings (SSSR count). The average Bonchev–Trinajstić information content (AvgIpc) is 3.17. The molecular weight excluding hydrogens is 581 g/mol. The molecule has 0 aliphatic heterocycles. The lowest BCUT2D eigenvalue weighted by atomic mass is 9.98. The minimum absolute atomic E-state index is 1.13. The van der Waals surface area contributed by atoms with E-state index in [9.17, 15) is 0 Å². The molecule has 0 N–H and O–H groups in total. The number of nitrogens with zero attached hydrogens (tertiary/aromatic N) is 2. The first-order valence-electron chi connectivity index (χ1n) is 16.4. The summed E-state index contributed by atoms with van der Waals surface area (Å²) in [6.07, 6.45) is 4.52. The summed E-state index contributed by atoms with van der Waals surface area (Å²) in [6, 6.07) is 68.8. The zero-order valence-corrected chi connectivity index (χ0v) is 26.5. The first-order valence-corrected chi connectivity index (χ1v) is 16.4. The van der Waals surface area contributed by atoms with E-state index < -0.39 is 0 Å². The van der Waals surface area contributed by atoms with Crippen molar-refractivity contribution in [2.75, 3.05) is 9.80 Å². The van der Waals surface area contributed by atoms with E-state index in [-0.39, 0.29) is 0 Å². The van der Waals surface area contributed by atoms with Crippen LogP contribution in [0.15, 0.2) is 194 Å². The molecule has 48 heavy (non-hydrogen) atoms. The summed E-state index contributed by atoms with van der Waals surface area (Å²) >= 11 is 0. The van der Waals surface area contributed by atoms with Gasteiger partial charge in [0.2, 0.25) is 0 Å². The molecule has 0 aliphatic carbocycles. The number of benzene rings is 8. The van der Waals surface area contributed by atoms with Crippen molar-refractivity contribution >= 4 is 67.8 Å². The number of fused-ring (bicyclic) bond motifs is 2. The van der Waals surface area contributed by atoms with Crippen molar-refractivity contribution in [3.05, 3.63) is 205 Å². The first-order chi connectivity index (χ1) is 23.8. The summed E-state index contributed by atoms with van der Waals surface area (Å²) < 4.78 is 0. The Kier molecular flexibility index (Phi) is 7.96. The lowest BCUT2D eigenvalue weighted by Crippen LogP contribution is -2.10. The van der Waals surface area contributed by atoms with Crippen LogP contribution < -0.4 is 9.80 Å². The molecule has 2 nitrogen and oxygen atoms in total. The van der Waals surface area contributed by atoms with Crippen LogP contribution in [0.1, 0.15) is 11.1 Å². The van der Waals surface area contributed by atoms with Gasteiger partial charge in [0, 0.05) is 33.5 Å². The van der Waals surface area contributed by atoms with Crippen LogP contribution in [-0.2, 0) is 0 Å². The fraction of sp³-hybridized carbons (Fsp3) is 0. The monoisotopic (exact) mass is 614 g/mol. The van der Waals surface area contributed by atoms with E-state index in [1.165, 1.54) is 32.7 Å². The summed E-state index contributed by atoms with van der Waals surface area (Å²) in [7, 11) is 0. The summed E-state index contributed by atoms with van der Waals surface area (Å²) in [5.74, 6) is 0. The smallest absolute Gasteiger partial charge is 0.0540 e. The molecule has 0 saturated carbocycles. The summed E-state index contributed by atoms with van der Waals surface area (Å²) in [6.45, 7) is 0. The largest absolute Gasteiger partial charge is 0.310 e. The fourth-order valence-corrected chi connectivity index (χ4v) is 6.64. The number of rotatable bonds is 8. The molecule has 2 heteroatoms. The Morgan fingerprint density at radius 2 is 0.521 bits per heavy atom. The lowest BCUT2D eigenvalue weighted by molar-refractivity contribution is 1.30. The maximum atomic E-state index is 2.34. The van der Waals surface area contributed by atoms with E-state index in [1.54, 1.807) is 0 Å². The van der Waals surface area contributed by atoms with E-state index in [4.69, 9.17) is 0 Å². The Labute approximate surface area is 282 Å². The van der Waals surface area contributed by atoms with E-state index in [0.29, 0.717) is 0 Å². The quantitative estimate of drug-likeness (QED) is 0.157. The van der Waals surface area contributed by atoms with E-state index in [0.717, 1.165) is 34.1 Å². The third-order valence-corrected chi connectivity index (χ3v) is 8.85. The molecule has 0 bridgehead atoms. The van der Waals surface area contributed by atoms with Crippen molar-refractivity contribution < 1.29 is 0 Å². The molecule has 0 aromatic heterocycles. The molecule has 0 fully saturated rings. The van der Waals surface area contributed by atoms with Crippen molar-refractivity contribution in [3.8, 4) is 0 Å². The van der Waals surface area contributed by atoms with Gasteiger partial charge in [-0.3, -0.25) is 0 Å². The van der Waals surface area contributed by atoms with Gasteiger partial charge in [-0.2, -0.15) is 0 Å². The van der Waals surface area contributed by atoms with Crippen molar-refractivity contribution in [2.24, 2.45) is 0 Å². The molecule has 8 aromatic carbocycles. The highest BCUT2D eigenvalue weighted by atomic mass is 15.1. The molecule has 0 amide bonds. The lowest BCUT2D eigenvalue weighted by Gasteiger charge is -2.27. The van der Waals surface area contributed by atoms with Crippen LogP contribution in [0.2, 0.25) is 0 Å². The van der Waals surface area contributed by atoms with E-state index in [2.05, 4.69) is 216 Å². The maximum absolute atomic E-state index is 2.34. The number of para-hydroxylation sites is 4. The molecule has 0 aliphatic rings. The van der Waals surface area contributed by atoms with Crippen LogP contribution in [0.5, 0.6) is 0 Å². The SMILES string of the molecule is C(=C\c1ccc(N(c2ccccc2)c2ccccc2)c2ccccc12)/c1ccc(N(c2ccccc2)c2ccccc2)c2ccccc12. The molecule has 0 spiro atoms. The topological polar surface area (TPSA) is 6.48 Å². The Bertz CT molecular complexity index is 2080. The van der Waals surface area contributed by atoms with Crippen molar-refractivity contribution in [3.63, 3.8) is 0 Å². The van der Waals surface area contributed by atoms with Crippen molar-refractivity contribution in [1.29, 1.82) is 0 Å². The van der Waals surface area contributed by atoms with Gasteiger partial charge in [0.1, 0.15) is 0 Å². The van der Waals surface area contributed by atoms with Gasteiger partial charge in [-0.05, 0) is 82.6 Å². The third-order valence-electron chi connectivity index (χ3n) is 8.85. The zero-order valence-electron chi connectivity index (χ0n) is 26.5. The Morgan fingerprint density at radius 1 is 0.250 bits per heavy atom. The molecule has 0 radical (unpaired) electrons. The summed E-state index contributed by atoms with van der Waals surface area (Å²) in [4.78, 5) is 4.68. The molecule has 0 unspecified atom stereocenters. The molecule has 0 atom stereocenters. The van der Waals surface area contributed by atoms with E-state index in [1.807, 2.05) is 0 Å². The second-order valence-corrected chi connectivity index (χ2v) is 11.8. The van der Waals surface area contributed by atoms with Gasteiger partial charge in [-0.25, -0.2) is 0 Å². The van der Waals surface area contributed by atoms with Crippen LogP contribution in [0.25, 0.3) is 33.7 Å². The Hall–Kier alpha value is -6.38. The summed E-state index contributed by atoms with van der Waals surface area (Å²) in [5, 5.41) is 4.83. The third kappa shape index (κ3) is 5.61. The van der Waals surface area contributed by atoms with Crippen molar-refractivity contribution in [2.45, 2.75) is 0 Å². The summed E-state index contributed by atoms with van der Waals surface area (Å²) in [5.41, 5.74) is 9.17. The maximum Gasteiger partial charge on any atom is 0.0540 e. The molecule has 8 aromatic rings. The highest BCUT2D eigenvalue weighted by Crippen LogP contribution is 2.42. The Balaban J connectivity index is 1.22. The van der Waals surface area contributed by atoms with Crippen LogP contribution in [0.3, 0.4) is 0 Å². The predicted molar refractivity (Wildman–Crippen MR) is 206 cm³/mol. The second-order valence-electron chi connectivity index (χ2n) is 11.8.